The molecule has 1 aromatic heterocycles. The fraction of sp³-hybridized carbons (Fsp3) is 0.0455. The number of nitriles is 1. The van der Waals surface area contributed by atoms with Crippen LogP contribution in [0, 0.1) is 17.1 Å². The van der Waals surface area contributed by atoms with Gasteiger partial charge in [-0.2, -0.15) is 5.26 Å². The number of thioether (sulfide) groups is 1. The molecule has 0 fully saturated rings. The minimum atomic E-state index is -0.368. The number of rotatable bonds is 4. The highest BCUT2D eigenvalue weighted by molar-refractivity contribution is 7.98. The van der Waals surface area contributed by atoms with E-state index in [1.54, 1.807) is 36.4 Å². The zero-order valence-electron chi connectivity index (χ0n) is 14.7. The summed E-state index contributed by atoms with van der Waals surface area (Å²) in [6.07, 6.45) is 0. The Hall–Kier alpha value is -3.43. The third-order valence-corrected chi connectivity index (χ3v) is 5.26. The van der Waals surface area contributed by atoms with E-state index < -0.39 is 0 Å². The van der Waals surface area contributed by atoms with Gasteiger partial charge in [0, 0.05) is 5.75 Å². The summed E-state index contributed by atoms with van der Waals surface area (Å²) in [6.45, 7) is 0. The second kappa shape index (κ2) is 7.67. The summed E-state index contributed by atoms with van der Waals surface area (Å²) in [5.74, 6) is 0.176. The van der Waals surface area contributed by atoms with Crippen molar-refractivity contribution >= 4 is 22.7 Å². The predicted molar refractivity (Wildman–Crippen MR) is 108 cm³/mol. The highest BCUT2D eigenvalue weighted by atomic mass is 32.2. The van der Waals surface area contributed by atoms with Gasteiger partial charge in [0.05, 0.1) is 28.2 Å². The van der Waals surface area contributed by atoms with E-state index in [9.17, 15) is 9.18 Å². The molecular weight excluding hydrogens is 373 g/mol. The predicted octanol–water partition coefficient (Wildman–Crippen LogP) is 4.69. The molecule has 0 spiro atoms. The maximum absolute atomic E-state index is 13.4. The normalized spacial score (nSPS) is 10.7. The van der Waals surface area contributed by atoms with Crippen LogP contribution in [0.5, 0.6) is 0 Å². The van der Waals surface area contributed by atoms with Crippen LogP contribution in [0.3, 0.4) is 0 Å². The smallest absolute Gasteiger partial charge is 0.266 e. The minimum Gasteiger partial charge on any atom is -0.268 e. The van der Waals surface area contributed by atoms with Gasteiger partial charge in [0.1, 0.15) is 5.82 Å². The summed E-state index contributed by atoms with van der Waals surface area (Å²) < 4.78 is 14.9. The molecule has 0 aliphatic carbocycles. The molecule has 3 aromatic carbocycles. The Balaban J connectivity index is 1.81. The molecule has 4 rings (SSSR count). The summed E-state index contributed by atoms with van der Waals surface area (Å²) in [4.78, 5) is 17.8. The van der Waals surface area contributed by atoms with Crippen molar-refractivity contribution in [2.75, 3.05) is 0 Å². The van der Waals surface area contributed by atoms with Crippen LogP contribution in [0.1, 0.15) is 11.1 Å². The maximum atomic E-state index is 13.4. The van der Waals surface area contributed by atoms with Crippen molar-refractivity contribution < 1.29 is 4.39 Å². The molecule has 0 atom stereocenters. The lowest BCUT2D eigenvalue weighted by Crippen LogP contribution is -2.21. The van der Waals surface area contributed by atoms with E-state index in [0.717, 1.165) is 5.56 Å². The van der Waals surface area contributed by atoms with Gasteiger partial charge < -0.3 is 0 Å². The van der Waals surface area contributed by atoms with Crippen molar-refractivity contribution in [3.05, 3.63) is 100 Å². The minimum absolute atomic E-state index is 0.203. The summed E-state index contributed by atoms with van der Waals surface area (Å²) in [6, 6.07) is 22.4. The molecule has 0 unspecified atom stereocenters. The molecule has 0 saturated carbocycles. The van der Waals surface area contributed by atoms with Gasteiger partial charge >= 0.3 is 0 Å². The van der Waals surface area contributed by atoms with Gasteiger partial charge in [-0.05, 0) is 54.1 Å². The first kappa shape index (κ1) is 18.0. The van der Waals surface area contributed by atoms with Crippen LogP contribution in [0.15, 0.2) is 82.7 Å². The Bertz CT molecular complexity index is 1260. The van der Waals surface area contributed by atoms with Gasteiger partial charge in [0.2, 0.25) is 0 Å². The first-order valence-corrected chi connectivity index (χ1v) is 9.54. The summed E-state index contributed by atoms with van der Waals surface area (Å²) >= 11 is 1.40. The Morgan fingerprint density at radius 3 is 2.61 bits per heavy atom. The van der Waals surface area contributed by atoms with E-state index in [1.807, 2.05) is 24.3 Å². The van der Waals surface area contributed by atoms with Crippen molar-refractivity contribution in [3.63, 3.8) is 0 Å². The third-order valence-electron chi connectivity index (χ3n) is 4.25. The van der Waals surface area contributed by atoms with Crippen LogP contribution < -0.4 is 5.56 Å². The highest BCUT2D eigenvalue weighted by Crippen LogP contribution is 2.25. The monoisotopic (exact) mass is 387 g/mol. The molecular formula is C22H14FN3OS. The number of fused-ring (bicyclic) bond motifs is 1. The molecule has 1 heterocycles. The Kier molecular flexibility index (Phi) is 4.92. The van der Waals surface area contributed by atoms with E-state index in [2.05, 4.69) is 11.1 Å². The van der Waals surface area contributed by atoms with Crippen LogP contribution in [-0.4, -0.2) is 9.55 Å². The van der Waals surface area contributed by atoms with Crippen LogP contribution in [0.2, 0.25) is 0 Å². The summed E-state index contributed by atoms with van der Waals surface area (Å²) in [5.41, 5.74) is 2.50. The standard InChI is InChI=1S/C22H14FN3OS/c23-17-8-10-18(11-9-17)26-21(27)19-6-1-2-7-20(19)25-22(26)28-14-16-5-3-4-15(12-16)13-24/h1-12H,14H2. The van der Waals surface area contributed by atoms with Gasteiger partial charge in [-0.15, -0.1) is 0 Å². The van der Waals surface area contributed by atoms with E-state index in [1.165, 1.54) is 28.5 Å². The number of halogens is 1. The van der Waals surface area contributed by atoms with Crippen LogP contribution in [0.4, 0.5) is 4.39 Å². The van der Waals surface area contributed by atoms with Crippen LogP contribution >= 0.6 is 11.8 Å². The second-order valence-corrected chi connectivity index (χ2v) is 7.07. The number of hydrogen-bond donors (Lipinski definition) is 0. The first-order chi connectivity index (χ1) is 13.7. The molecule has 0 saturated heterocycles. The first-order valence-electron chi connectivity index (χ1n) is 8.55. The SMILES string of the molecule is N#Cc1cccc(CSc2nc3ccccc3c(=O)n2-c2ccc(F)cc2)c1. The fourth-order valence-corrected chi connectivity index (χ4v) is 3.86. The fourth-order valence-electron chi connectivity index (χ4n) is 2.91. The Morgan fingerprint density at radius 1 is 1.04 bits per heavy atom. The van der Waals surface area contributed by atoms with Gasteiger partial charge in [0.15, 0.2) is 5.16 Å². The molecule has 0 aliphatic heterocycles. The van der Waals surface area contributed by atoms with Gasteiger partial charge in [-0.1, -0.05) is 36.0 Å². The number of para-hydroxylation sites is 1. The lowest BCUT2D eigenvalue weighted by molar-refractivity contribution is 0.627. The molecule has 0 amide bonds. The van der Waals surface area contributed by atoms with E-state index in [-0.39, 0.29) is 11.4 Å². The highest BCUT2D eigenvalue weighted by Gasteiger charge is 2.13. The third kappa shape index (κ3) is 3.53. The van der Waals surface area contributed by atoms with Crippen molar-refractivity contribution in [1.82, 2.24) is 9.55 Å². The van der Waals surface area contributed by atoms with Crippen LogP contribution in [-0.2, 0) is 5.75 Å². The maximum Gasteiger partial charge on any atom is 0.266 e. The van der Waals surface area contributed by atoms with Gasteiger partial charge in [-0.25, -0.2) is 9.37 Å². The molecule has 0 radical (unpaired) electrons. The van der Waals surface area contributed by atoms with E-state index in [4.69, 9.17) is 5.26 Å². The average molecular weight is 387 g/mol. The number of nitrogens with zero attached hydrogens (tertiary/aromatic N) is 3. The topological polar surface area (TPSA) is 58.7 Å². The molecule has 0 N–H and O–H groups in total. The van der Waals surface area contributed by atoms with Crippen molar-refractivity contribution in [1.29, 1.82) is 5.26 Å². The summed E-state index contributed by atoms with van der Waals surface area (Å²) in [5, 5.41) is 10.1. The molecule has 136 valence electrons. The van der Waals surface area contributed by atoms with Crippen molar-refractivity contribution in [2.24, 2.45) is 0 Å². The molecule has 4 nitrogen and oxygen atoms in total. The number of benzene rings is 3. The molecule has 4 aromatic rings. The molecule has 0 bridgehead atoms. The lowest BCUT2D eigenvalue weighted by Gasteiger charge is -2.13. The van der Waals surface area contributed by atoms with Gasteiger partial charge in [0.25, 0.3) is 5.56 Å². The van der Waals surface area contributed by atoms with Gasteiger partial charge in [-0.3, -0.25) is 9.36 Å². The Labute approximate surface area is 164 Å². The second-order valence-electron chi connectivity index (χ2n) is 6.13. The van der Waals surface area contributed by atoms with Crippen molar-refractivity contribution in [3.8, 4) is 11.8 Å². The van der Waals surface area contributed by atoms with Crippen molar-refractivity contribution in [2.45, 2.75) is 10.9 Å². The Morgan fingerprint density at radius 2 is 1.82 bits per heavy atom. The average Bonchev–Trinajstić information content (AvgIpc) is 2.73. The largest absolute Gasteiger partial charge is 0.268 e. The van der Waals surface area contributed by atoms with E-state index >= 15 is 0 Å². The quantitative estimate of drug-likeness (QED) is 0.377. The van der Waals surface area contributed by atoms with Crippen LogP contribution in [0.25, 0.3) is 16.6 Å². The zero-order chi connectivity index (χ0) is 19.5. The summed E-state index contributed by atoms with van der Waals surface area (Å²) in [7, 11) is 0. The molecule has 6 heteroatoms. The number of aromatic nitrogens is 2. The molecule has 28 heavy (non-hydrogen) atoms. The molecule has 0 aliphatic rings. The zero-order valence-corrected chi connectivity index (χ0v) is 15.5. The van der Waals surface area contributed by atoms with E-state index in [0.29, 0.717) is 33.1 Å². The lowest BCUT2D eigenvalue weighted by atomic mass is 10.2. The number of hydrogen-bond acceptors (Lipinski definition) is 4.